The Labute approximate surface area is 210 Å². The van der Waals surface area contributed by atoms with Crippen LogP contribution in [0.3, 0.4) is 0 Å². The fourth-order valence-electron chi connectivity index (χ4n) is 4.38. The van der Waals surface area contributed by atoms with Gasteiger partial charge in [-0.25, -0.2) is 29.9 Å². The maximum Gasteiger partial charge on any atom is 0.120 e. The van der Waals surface area contributed by atoms with Crippen molar-refractivity contribution in [3.05, 3.63) is 70.1 Å². The number of para-hydroxylation sites is 1. The van der Waals surface area contributed by atoms with Gasteiger partial charge in [-0.05, 0) is 86.6 Å². The van der Waals surface area contributed by atoms with Crippen LogP contribution in [-0.2, 0) is 0 Å². The zero-order valence-corrected chi connectivity index (χ0v) is 19.7. The van der Waals surface area contributed by atoms with Crippen molar-refractivity contribution in [3.63, 3.8) is 0 Å². The van der Waals surface area contributed by atoms with Crippen molar-refractivity contribution >= 4 is 66.2 Å². The van der Waals surface area contributed by atoms with Gasteiger partial charge >= 0.3 is 0 Å². The molecule has 0 aliphatic heterocycles. The Morgan fingerprint density at radius 3 is 1.51 bits per heavy atom. The third-order valence-corrected chi connectivity index (χ3v) is 6.61. The Balaban J connectivity index is 1.84. The minimum absolute atomic E-state index is 0.0413. The van der Waals surface area contributed by atoms with Crippen molar-refractivity contribution < 1.29 is 9.60 Å². The molecule has 0 saturated heterocycles. The molecule has 0 aliphatic carbocycles. The lowest BCUT2D eigenvalue weighted by Crippen LogP contribution is -2.00. The highest BCUT2D eigenvalue weighted by atomic mass is 14.9. The highest BCUT2D eigenvalue weighted by molar-refractivity contribution is 6.21. The van der Waals surface area contributed by atoms with Gasteiger partial charge in [-0.15, -0.1) is 0 Å². The van der Waals surface area contributed by atoms with Crippen molar-refractivity contribution in [2.45, 2.75) is 34.6 Å². The summed E-state index contributed by atoms with van der Waals surface area (Å²) in [7, 11) is 0. The second kappa shape index (κ2) is 6.85. The molecule has 0 atom stereocenters. The average Bonchev–Trinajstić information content (AvgIpc) is 3.00. The lowest BCUT2D eigenvalue weighted by atomic mass is 10.1. The van der Waals surface area contributed by atoms with Gasteiger partial charge in [0.15, 0.2) is 0 Å². The number of rotatable bonds is 0. The smallest absolute Gasteiger partial charge is 0.120 e. The summed E-state index contributed by atoms with van der Waals surface area (Å²) in [5.74, 6) is 0. The van der Waals surface area contributed by atoms with E-state index in [2.05, 4.69) is 0 Å². The van der Waals surface area contributed by atoms with Crippen LogP contribution in [0.4, 0.5) is 0 Å². The number of aromatic nitrogens is 6. The van der Waals surface area contributed by atoms with E-state index in [1.807, 2.05) is 6.92 Å². The Morgan fingerprint density at radius 2 is 0.914 bits per heavy atom. The van der Waals surface area contributed by atoms with E-state index in [4.69, 9.17) is 39.5 Å². The molecule has 0 amide bonds. The van der Waals surface area contributed by atoms with E-state index in [0.717, 1.165) is 0 Å². The maximum atomic E-state index is 8.77. The first-order chi connectivity index (χ1) is 19.8. The Bertz CT molecular complexity index is 1980. The largest absolute Gasteiger partial charge is 0.242 e. The second-order valence-electron chi connectivity index (χ2n) is 8.85. The van der Waals surface area contributed by atoms with Crippen LogP contribution in [0.25, 0.3) is 66.2 Å². The fourth-order valence-corrected chi connectivity index (χ4v) is 4.38. The predicted molar refractivity (Wildman–Crippen MR) is 142 cm³/mol. The molecule has 0 bridgehead atoms. The van der Waals surface area contributed by atoms with Gasteiger partial charge in [0.1, 0.15) is 33.1 Å². The van der Waals surface area contributed by atoms with Gasteiger partial charge in [0.25, 0.3) is 0 Å². The van der Waals surface area contributed by atoms with E-state index in [0.29, 0.717) is 38.9 Å². The van der Waals surface area contributed by atoms with Crippen LogP contribution in [0, 0.1) is 34.6 Å². The van der Waals surface area contributed by atoms with E-state index in [1.165, 1.54) is 0 Å². The first kappa shape index (κ1) is 14.2. The molecule has 0 unspecified atom stereocenters. The topological polar surface area (TPSA) is 77.3 Å². The molecule has 0 fully saturated rings. The fraction of sp³-hybridized carbons (Fsp3) is 0.172. The highest BCUT2D eigenvalue weighted by Gasteiger charge is 2.20. The van der Waals surface area contributed by atoms with Gasteiger partial charge in [0.05, 0.1) is 42.7 Å². The molecular weight excluding hydrogens is 432 g/mol. The third-order valence-electron chi connectivity index (χ3n) is 6.61. The van der Waals surface area contributed by atoms with Crippen LogP contribution in [0.5, 0.6) is 0 Å². The number of nitrogens with zero attached hydrogens (tertiary/aromatic N) is 6. The molecule has 0 saturated carbocycles. The van der Waals surface area contributed by atoms with Crippen molar-refractivity contribution in [3.8, 4) is 0 Å². The van der Waals surface area contributed by atoms with Crippen LogP contribution in [0.15, 0.2) is 42.3 Å². The van der Waals surface area contributed by atoms with E-state index >= 15 is 0 Å². The van der Waals surface area contributed by atoms with Crippen LogP contribution in [0.2, 0.25) is 0 Å². The first-order valence-electron chi connectivity index (χ1n) is 14.7. The van der Waals surface area contributed by atoms with Gasteiger partial charge in [0.2, 0.25) is 0 Å². The van der Waals surface area contributed by atoms with Crippen LogP contribution in [0.1, 0.15) is 37.4 Å². The molecule has 4 aromatic carbocycles. The van der Waals surface area contributed by atoms with Crippen LogP contribution < -0.4 is 0 Å². The number of aryl methyl sites for hydroxylation is 2. The Morgan fingerprint density at radius 1 is 0.429 bits per heavy atom. The summed E-state index contributed by atoms with van der Waals surface area (Å²) >= 11 is 0. The predicted octanol–water partition coefficient (Wildman–Crippen LogP) is 6.52. The average molecular weight is 469 g/mol. The highest BCUT2D eigenvalue weighted by Crippen LogP contribution is 2.34. The van der Waals surface area contributed by atoms with E-state index < -0.39 is 0 Å². The second-order valence-corrected chi connectivity index (χ2v) is 8.85. The van der Waals surface area contributed by atoms with Crippen LogP contribution in [-0.4, -0.2) is 29.9 Å². The standard InChI is InChI=1S/C29H22N6/c1-13-9-10-19-23(17(13)5)35-29-25(31-19)24-28(34-22-14(2)7-6-8-18(22)30-24)26-27(29)33-21-12-16(4)15(3)11-20(21)32-26/h6-12H,1-5H3/i6T,7T,8T,9T,10T,11T,12T. The first-order valence-corrected chi connectivity index (χ1v) is 11.2. The molecule has 6 nitrogen and oxygen atoms in total. The zero-order valence-electron chi connectivity index (χ0n) is 26.7. The monoisotopic (exact) mass is 468 g/mol. The number of benzene rings is 4. The molecular formula is C29H22N6. The normalized spacial score (nSPS) is 14.9. The van der Waals surface area contributed by atoms with Gasteiger partial charge < -0.3 is 0 Å². The lowest BCUT2D eigenvalue weighted by Gasteiger charge is -2.12. The number of hydrogen-bond donors (Lipinski definition) is 0. The molecule has 3 aromatic heterocycles. The Kier molecular flexibility index (Phi) is 2.77. The molecule has 0 radical (unpaired) electrons. The van der Waals surface area contributed by atoms with Crippen molar-refractivity contribution in [2.24, 2.45) is 0 Å². The molecule has 0 spiro atoms. The lowest BCUT2D eigenvalue weighted by molar-refractivity contribution is 1.29. The molecule has 35 heavy (non-hydrogen) atoms. The molecule has 168 valence electrons. The van der Waals surface area contributed by atoms with Gasteiger partial charge in [-0.2, -0.15) is 0 Å². The molecule has 3 heterocycles. The molecule has 7 aromatic rings. The summed E-state index contributed by atoms with van der Waals surface area (Å²) < 4.78 is 59.8. The maximum absolute atomic E-state index is 8.77. The summed E-state index contributed by atoms with van der Waals surface area (Å²) in [6, 6.07) is -0.399. The van der Waals surface area contributed by atoms with Gasteiger partial charge in [-0.1, -0.05) is 18.1 Å². The van der Waals surface area contributed by atoms with E-state index in [-0.39, 0.29) is 97.5 Å². The van der Waals surface area contributed by atoms with Crippen molar-refractivity contribution in [2.75, 3.05) is 0 Å². The quantitative estimate of drug-likeness (QED) is 0.186. The zero-order chi connectivity index (χ0) is 30.1. The Hall–Kier alpha value is -4.32. The third kappa shape index (κ3) is 2.77. The van der Waals surface area contributed by atoms with Crippen molar-refractivity contribution in [1.82, 2.24) is 29.9 Å². The van der Waals surface area contributed by atoms with Gasteiger partial charge in [-0.3, -0.25) is 0 Å². The summed E-state index contributed by atoms with van der Waals surface area (Å²) in [4.78, 5) is 29.0. The molecule has 0 N–H and O–H groups in total. The van der Waals surface area contributed by atoms with Crippen molar-refractivity contribution in [1.29, 1.82) is 0 Å². The van der Waals surface area contributed by atoms with E-state index in [9.17, 15) is 0 Å². The molecule has 7 rings (SSSR count). The molecule has 0 aliphatic rings. The SMILES string of the molecule is [3H]c1c([3H])c(C)c2nc3c4nc5c([3H])c(C)c(C)c([3H])c5nc4c4nc5c(C)c(C)c([3H])c([3H])c5nc4c3nc2c1[3H]. The summed E-state index contributed by atoms with van der Waals surface area (Å²) in [5, 5.41) is 0. The van der Waals surface area contributed by atoms with E-state index in [1.54, 1.807) is 27.7 Å². The minimum atomic E-state index is -0.271. The van der Waals surface area contributed by atoms with Crippen LogP contribution >= 0.6 is 0 Å². The minimum Gasteiger partial charge on any atom is -0.242 e. The number of hydrogen-bond acceptors (Lipinski definition) is 6. The summed E-state index contributed by atoms with van der Waals surface area (Å²) in [5.41, 5.74) is 5.93. The summed E-state index contributed by atoms with van der Waals surface area (Å²) in [6.07, 6.45) is 0. The molecule has 6 heteroatoms. The van der Waals surface area contributed by atoms with Gasteiger partial charge in [0, 0.05) is 0 Å². The summed E-state index contributed by atoms with van der Waals surface area (Å²) in [6.45, 7) is 8.76. The number of fused-ring (bicyclic) bond motifs is 9.